The van der Waals surface area contributed by atoms with Gasteiger partial charge in [-0.15, -0.1) is 0 Å². The van der Waals surface area contributed by atoms with E-state index < -0.39 is 13.1 Å². The molecule has 14 heavy (non-hydrogen) atoms. The van der Waals surface area contributed by atoms with Crippen molar-refractivity contribution in [3.05, 3.63) is 29.8 Å². The third-order valence-corrected chi connectivity index (χ3v) is 1.62. The highest BCUT2D eigenvalue weighted by molar-refractivity contribution is 6.60. The van der Waals surface area contributed by atoms with Crippen LogP contribution in [0.15, 0.2) is 24.3 Å². The Kier molecular flexibility index (Phi) is 3.60. The molecule has 0 aliphatic heterocycles. The van der Waals surface area contributed by atoms with Crippen molar-refractivity contribution in [1.29, 1.82) is 0 Å². The fraction of sp³-hybridized carbons (Fsp3) is 0. The molecule has 0 aliphatic rings. The summed E-state index contributed by atoms with van der Waals surface area (Å²) in [5.74, 6) is -1.07. The molecule has 0 radical (unpaired) electrons. The summed E-state index contributed by atoms with van der Waals surface area (Å²) < 4.78 is 0. The first-order chi connectivity index (χ1) is 6.69. The lowest BCUT2D eigenvalue weighted by Gasteiger charge is -2.04. The van der Waals surface area contributed by atoms with E-state index in [1.807, 2.05) is 0 Å². The summed E-state index contributed by atoms with van der Waals surface area (Å²) in [7, 11) is -1.34. The predicted molar refractivity (Wildman–Crippen MR) is 46.2 cm³/mol. The van der Waals surface area contributed by atoms with Gasteiger partial charge in [0.05, 0.1) is 5.56 Å². The molecule has 74 valence electrons. The molecule has 7 heteroatoms. The molecular weight excluding hydrogens is 191 g/mol. The van der Waals surface area contributed by atoms with E-state index in [1.165, 1.54) is 24.3 Å². The Hall–Kier alpha value is -1.41. The standard InChI is InChI=1S/C7H7BO6/c9-7(10)5-1-3-6(4-2-5)8(13-11)14-12/h1-4,11-12H,(H,9,10). The number of aromatic carboxylic acids is 1. The highest BCUT2D eigenvalue weighted by Crippen LogP contribution is 1.98. The van der Waals surface area contributed by atoms with Crippen LogP contribution in [0.1, 0.15) is 10.4 Å². The van der Waals surface area contributed by atoms with E-state index in [-0.39, 0.29) is 5.56 Å². The molecule has 0 aromatic heterocycles. The van der Waals surface area contributed by atoms with E-state index in [9.17, 15) is 4.79 Å². The van der Waals surface area contributed by atoms with Gasteiger partial charge in [-0.2, -0.15) is 0 Å². The zero-order valence-electron chi connectivity index (χ0n) is 6.95. The average Bonchev–Trinajstić information content (AvgIpc) is 2.20. The molecule has 3 N–H and O–H groups in total. The van der Waals surface area contributed by atoms with Crippen LogP contribution in [-0.2, 0) is 9.61 Å². The predicted octanol–water partition coefficient (Wildman–Crippen LogP) is 0.0592. The number of carboxylic acids is 1. The van der Waals surface area contributed by atoms with Crippen LogP contribution in [-0.4, -0.2) is 28.7 Å². The molecule has 0 aliphatic carbocycles. The van der Waals surface area contributed by atoms with Gasteiger partial charge in [0, 0.05) is 0 Å². The second kappa shape index (κ2) is 4.73. The monoisotopic (exact) mass is 198 g/mol. The Labute approximate surface area is 79.3 Å². The van der Waals surface area contributed by atoms with Crippen molar-refractivity contribution in [3.8, 4) is 0 Å². The third kappa shape index (κ3) is 2.30. The minimum Gasteiger partial charge on any atom is -0.478 e. The van der Waals surface area contributed by atoms with Crippen molar-refractivity contribution in [1.82, 2.24) is 0 Å². The van der Waals surface area contributed by atoms with Crippen LogP contribution in [0.4, 0.5) is 0 Å². The first kappa shape index (κ1) is 10.7. The zero-order valence-corrected chi connectivity index (χ0v) is 6.95. The van der Waals surface area contributed by atoms with Gasteiger partial charge in [-0.05, 0) is 17.6 Å². The van der Waals surface area contributed by atoms with Gasteiger partial charge in [0.25, 0.3) is 0 Å². The summed E-state index contributed by atoms with van der Waals surface area (Å²) in [6, 6.07) is 5.28. The molecule has 0 bridgehead atoms. The SMILES string of the molecule is O=C(O)c1ccc(B(OO)OO)cc1. The average molecular weight is 198 g/mol. The van der Waals surface area contributed by atoms with Crippen molar-refractivity contribution in [2.75, 3.05) is 0 Å². The number of carbonyl (C=O) groups is 1. The summed E-state index contributed by atoms with van der Waals surface area (Å²) in [6.45, 7) is 0. The summed E-state index contributed by atoms with van der Waals surface area (Å²) in [6.07, 6.45) is 0. The minimum atomic E-state index is -1.34. The lowest BCUT2D eigenvalue weighted by molar-refractivity contribution is -0.221. The van der Waals surface area contributed by atoms with E-state index >= 15 is 0 Å². The van der Waals surface area contributed by atoms with Crippen LogP contribution in [0.5, 0.6) is 0 Å². The lowest BCUT2D eigenvalue weighted by atomic mass is 9.80. The van der Waals surface area contributed by atoms with Crippen LogP contribution >= 0.6 is 0 Å². The molecule has 0 saturated heterocycles. The van der Waals surface area contributed by atoms with Crippen molar-refractivity contribution >= 4 is 18.6 Å². The van der Waals surface area contributed by atoms with Crippen LogP contribution in [0.3, 0.4) is 0 Å². The smallest absolute Gasteiger partial charge is 0.478 e. The Morgan fingerprint density at radius 1 is 1.14 bits per heavy atom. The van der Waals surface area contributed by atoms with Gasteiger partial charge in [0.1, 0.15) is 0 Å². The Bertz CT molecular complexity index is 306. The molecular formula is C7H7BO6. The number of carboxylic acid groups (broad SMARTS) is 1. The van der Waals surface area contributed by atoms with Gasteiger partial charge in [0.15, 0.2) is 0 Å². The number of hydrogen-bond acceptors (Lipinski definition) is 5. The van der Waals surface area contributed by atoms with Crippen molar-refractivity contribution < 1.29 is 30.0 Å². The maximum Gasteiger partial charge on any atom is 0.554 e. The molecule has 0 spiro atoms. The van der Waals surface area contributed by atoms with E-state index in [4.69, 9.17) is 15.6 Å². The zero-order chi connectivity index (χ0) is 10.6. The molecule has 0 heterocycles. The minimum absolute atomic E-state index is 0.0865. The first-order valence-electron chi connectivity index (χ1n) is 3.62. The summed E-state index contributed by atoms with van der Waals surface area (Å²) in [5, 5.41) is 25.1. The molecule has 0 saturated carbocycles. The lowest BCUT2D eigenvalue weighted by Crippen LogP contribution is -2.35. The van der Waals surface area contributed by atoms with Crippen molar-refractivity contribution in [3.63, 3.8) is 0 Å². The number of benzene rings is 1. The summed E-state index contributed by atoms with van der Waals surface area (Å²) in [5.41, 5.74) is 0.378. The quantitative estimate of drug-likeness (QED) is 0.359. The number of hydrogen-bond donors (Lipinski definition) is 3. The molecule has 0 atom stereocenters. The Morgan fingerprint density at radius 3 is 2.00 bits per heavy atom. The second-order valence-electron chi connectivity index (χ2n) is 2.47. The second-order valence-corrected chi connectivity index (χ2v) is 2.47. The highest BCUT2D eigenvalue weighted by Gasteiger charge is 2.21. The molecule has 0 unspecified atom stereocenters. The molecule has 6 nitrogen and oxygen atoms in total. The molecule has 1 rings (SSSR count). The van der Waals surface area contributed by atoms with Gasteiger partial charge < -0.3 is 5.11 Å². The molecule has 1 aromatic rings. The summed E-state index contributed by atoms with van der Waals surface area (Å²) >= 11 is 0. The molecule has 0 amide bonds. The van der Waals surface area contributed by atoms with E-state index in [2.05, 4.69) is 9.61 Å². The van der Waals surface area contributed by atoms with E-state index in [0.29, 0.717) is 5.46 Å². The van der Waals surface area contributed by atoms with Crippen molar-refractivity contribution in [2.24, 2.45) is 0 Å². The van der Waals surface area contributed by atoms with Gasteiger partial charge in [-0.1, -0.05) is 12.1 Å². The van der Waals surface area contributed by atoms with Crippen LogP contribution in [0.25, 0.3) is 0 Å². The van der Waals surface area contributed by atoms with E-state index in [1.54, 1.807) is 0 Å². The maximum absolute atomic E-state index is 10.5. The molecule has 0 fully saturated rings. The third-order valence-electron chi connectivity index (χ3n) is 1.62. The number of rotatable bonds is 4. The van der Waals surface area contributed by atoms with Gasteiger partial charge in [-0.25, -0.2) is 4.79 Å². The van der Waals surface area contributed by atoms with Gasteiger partial charge in [-0.3, -0.25) is 20.1 Å². The summed E-state index contributed by atoms with van der Waals surface area (Å²) in [4.78, 5) is 18.0. The van der Waals surface area contributed by atoms with Crippen molar-refractivity contribution in [2.45, 2.75) is 0 Å². The van der Waals surface area contributed by atoms with Crippen LogP contribution in [0.2, 0.25) is 0 Å². The fourth-order valence-corrected chi connectivity index (χ4v) is 0.924. The van der Waals surface area contributed by atoms with Gasteiger partial charge in [0.2, 0.25) is 0 Å². The Balaban J connectivity index is 2.87. The topological polar surface area (TPSA) is 96.2 Å². The molecule has 1 aromatic carbocycles. The first-order valence-corrected chi connectivity index (χ1v) is 3.62. The van der Waals surface area contributed by atoms with Gasteiger partial charge >= 0.3 is 13.1 Å². The Morgan fingerprint density at radius 2 is 1.64 bits per heavy atom. The fourth-order valence-electron chi connectivity index (χ4n) is 0.924. The maximum atomic E-state index is 10.5. The highest BCUT2D eigenvalue weighted by atomic mass is 17.2. The van der Waals surface area contributed by atoms with Crippen LogP contribution in [0, 0.1) is 0 Å². The van der Waals surface area contributed by atoms with E-state index in [0.717, 1.165) is 0 Å². The van der Waals surface area contributed by atoms with Crippen LogP contribution < -0.4 is 5.46 Å². The normalized spacial score (nSPS) is 9.86. The largest absolute Gasteiger partial charge is 0.554 e.